The van der Waals surface area contributed by atoms with Crippen LogP contribution in [0.3, 0.4) is 0 Å². The fourth-order valence-electron chi connectivity index (χ4n) is 3.79. The Morgan fingerprint density at radius 1 is 0.667 bits per heavy atom. The first-order valence-corrected chi connectivity index (χ1v) is 11.4. The number of unbranched alkanes of at least 4 members (excludes halogenated alkanes) is 1. The molecule has 0 bridgehead atoms. The van der Waals surface area contributed by atoms with E-state index in [2.05, 4.69) is 77.9 Å². The summed E-state index contributed by atoms with van der Waals surface area (Å²) in [7, 11) is 0. The van der Waals surface area contributed by atoms with Crippen molar-refractivity contribution in [3.8, 4) is 0 Å². The largest absolute Gasteiger partial charge is 0.252 e. The zero-order valence-electron chi connectivity index (χ0n) is 19.6. The maximum Gasteiger partial charge on any atom is 0.0636 e. The summed E-state index contributed by atoms with van der Waals surface area (Å²) >= 11 is 0. The Labute approximate surface area is 194 Å². The van der Waals surface area contributed by atoms with Gasteiger partial charge in [0, 0.05) is 16.5 Å². The minimum absolute atomic E-state index is 0. The fraction of sp³-hybridized carbons (Fsp3) is 0.481. The van der Waals surface area contributed by atoms with E-state index in [4.69, 9.17) is 9.98 Å². The Balaban J connectivity index is 0.00000450. The van der Waals surface area contributed by atoms with Crippen LogP contribution >= 0.6 is 0 Å². The van der Waals surface area contributed by atoms with Crippen LogP contribution in [0, 0.1) is 0 Å². The van der Waals surface area contributed by atoms with E-state index >= 15 is 0 Å². The molecule has 0 aromatic heterocycles. The van der Waals surface area contributed by atoms with E-state index in [1.807, 2.05) is 0 Å². The van der Waals surface area contributed by atoms with Crippen molar-refractivity contribution in [3.05, 3.63) is 58.7 Å². The van der Waals surface area contributed by atoms with Gasteiger partial charge in [0.05, 0.1) is 22.8 Å². The van der Waals surface area contributed by atoms with Gasteiger partial charge < -0.3 is 0 Å². The first kappa shape index (κ1) is 26.3. The van der Waals surface area contributed by atoms with Crippen molar-refractivity contribution in [3.63, 3.8) is 0 Å². The molecule has 0 aliphatic carbocycles. The van der Waals surface area contributed by atoms with Gasteiger partial charge >= 0.3 is 0 Å². The number of aryl methyl sites for hydroxylation is 4. The van der Waals surface area contributed by atoms with Crippen molar-refractivity contribution in [1.29, 1.82) is 0 Å². The zero-order valence-corrected chi connectivity index (χ0v) is 20.6. The van der Waals surface area contributed by atoms with Gasteiger partial charge in [0.2, 0.25) is 0 Å². The smallest absolute Gasteiger partial charge is 0.0636 e. The SMILES string of the molecule is CCCCC(=N\c1ccc(CC)c(CC)c1)/C(C)=N/c1ccc(CC)c(CC)c1.[Ni]. The van der Waals surface area contributed by atoms with Crippen molar-refractivity contribution >= 4 is 22.8 Å². The topological polar surface area (TPSA) is 24.7 Å². The maximum atomic E-state index is 5.04. The van der Waals surface area contributed by atoms with Gasteiger partial charge in [-0.05, 0) is 92.0 Å². The van der Waals surface area contributed by atoms with Gasteiger partial charge in [0.1, 0.15) is 0 Å². The molecule has 0 saturated carbocycles. The minimum Gasteiger partial charge on any atom is -0.252 e. The maximum absolute atomic E-state index is 5.04. The second-order valence-electron chi connectivity index (χ2n) is 7.68. The third-order valence-corrected chi connectivity index (χ3v) is 5.65. The minimum atomic E-state index is 0. The van der Waals surface area contributed by atoms with Crippen molar-refractivity contribution in [2.24, 2.45) is 9.98 Å². The molecule has 2 aromatic carbocycles. The Hall–Kier alpha value is -1.73. The summed E-state index contributed by atoms with van der Waals surface area (Å²) in [5.74, 6) is 0. The third kappa shape index (κ3) is 7.20. The van der Waals surface area contributed by atoms with E-state index in [9.17, 15) is 0 Å². The molecule has 166 valence electrons. The number of hydrogen-bond donors (Lipinski definition) is 0. The molecule has 0 N–H and O–H groups in total. The van der Waals surface area contributed by atoms with E-state index in [0.717, 1.165) is 67.7 Å². The number of hydrogen-bond acceptors (Lipinski definition) is 2. The molecule has 0 unspecified atom stereocenters. The van der Waals surface area contributed by atoms with Crippen molar-refractivity contribution in [2.45, 2.75) is 86.5 Å². The summed E-state index contributed by atoms with van der Waals surface area (Å²) in [5, 5.41) is 0. The predicted octanol–water partition coefficient (Wildman–Crippen LogP) is 7.99. The first-order valence-electron chi connectivity index (χ1n) is 11.4. The monoisotopic (exact) mass is 448 g/mol. The van der Waals surface area contributed by atoms with Crippen LogP contribution < -0.4 is 0 Å². The van der Waals surface area contributed by atoms with Crippen LogP contribution in [0.1, 0.15) is 83.1 Å². The van der Waals surface area contributed by atoms with E-state index in [1.165, 1.54) is 22.3 Å². The van der Waals surface area contributed by atoms with E-state index in [0.29, 0.717) is 0 Å². The first-order chi connectivity index (χ1) is 14.1. The Morgan fingerprint density at radius 3 is 1.57 bits per heavy atom. The second-order valence-corrected chi connectivity index (χ2v) is 7.68. The summed E-state index contributed by atoms with van der Waals surface area (Å²) in [4.78, 5) is 9.99. The summed E-state index contributed by atoms with van der Waals surface area (Å²) in [6.45, 7) is 13.2. The molecule has 0 heterocycles. The Kier molecular flexibility index (Phi) is 11.9. The van der Waals surface area contributed by atoms with Crippen LogP contribution in [0.2, 0.25) is 0 Å². The van der Waals surface area contributed by atoms with Crippen molar-refractivity contribution < 1.29 is 16.5 Å². The van der Waals surface area contributed by atoms with Crippen molar-refractivity contribution in [2.75, 3.05) is 0 Å². The predicted molar refractivity (Wildman–Crippen MR) is 130 cm³/mol. The normalized spacial score (nSPS) is 12.1. The molecule has 3 heteroatoms. The Morgan fingerprint density at radius 2 is 1.13 bits per heavy atom. The average Bonchev–Trinajstić information content (AvgIpc) is 2.76. The van der Waals surface area contributed by atoms with Gasteiger partial charge in [-0.1, -0.05) is 53.2 Å². The van der Waals surface area contributed by atoms with Gasteiger partial charge in [-0.15, -0.1) is 0 Å². The molecular weight excluding hydrogens is 411 g/mol. The number of nitrogens with zero attached hydrogens (tertiary/aromatic N) is 2. The molecule has 0 aliphatic rings. The van der Waals surface area contributed by atoms with Gasteiger partial charge in [-0.2, -0.15) is 0 Å². The van der Waals surface area contributed by atoms with E-state index < -0.39 is 0 Å². The second kappa shape index (κ2) is 13.6. The molecule has 30 heavy (non-hydrogen) atoms. The van der Waals surface area contributed by atoms with E-state index in [1.54, 1.807) is 0 Å². The molecule has 0 radical (unpaired) electrons. The molecule has 0 spiro atoms. The molecule has 0 atom stereocenters. The molecule has 0 fully saturated rings. The summed E-state index contributed by atoms with van der Waals surface area (Å²) in [6, 6.07) is 13.3. The molecular formula is C27H38N2Ni. The number of aliphatic imine (C=N–C) groups is 2. The van der Waals surface area contributed by atoms with Crippen LogP contribution in [0.25, 0.3) is 0 Å². The molecule has 2 aromatic rings. The van der Waals surface area contributed by atoms with Crippen LogP contribution in [-0.2, 0) is 42.2 Å². The fourth-order valence-corrected chi connectivity index (χ4v) is 3.79. The number of rotatable bonds is 10. The molecule has 2 rings (SSSR count). The van der Waals surface area contributed by atoms with Crippen LogP contribution in [-0.4, -0.2) is 11.4 Å². The van der Waals surface area contributed by atoms with Gasteiger partial charge in [0.15, 0.2) is 0 Å². The van der Waals surface area contributed by atoms with Gasteiger partial charge in [0.25, 0.3) is 0 Å². The number of benzene rings is 2. The standard InChI is InChI=1S/C27H38N2.Ni/c1-7-12-13-27(29-26-17-15-22(9-3)24(11-5)19-26)20(6)28-25-16-14-21(8-2)23(10-4)18-25;/h14-19H,7-13H2,1-6H3;/b28-20+,29-27+;. The van der Waals surface area contributed by atoms with Gasteiger partial charge in [-0.25, -0.2) is 0 Å². The van der Waals surface area contributed by atoms with Gasteiger partial charge in [-0.3, -0.25) is 9.98 Å². The summed E-state index contributed by atoms with van der Waals surface area (Å²) in [6.07, 6.45) is 7.50. The zero-order chi connectivity index (χ0) is 21.2. The molecule has 0 aliphatic heterocycles. The molecule has 0 saturated heterocycles. The van der Waals surface area contributed by atoms with Crippen molar-refractivity contribution in [1.82, 2.24) is 0 Å². The molecule has 2 nitrogen and oxygen atoms in total. The van der Waals surface area contributed by atoms with Crippen LogP contribution in [0.15, 0.2) is 46.4 Å². The molecule has 0 amide bonds. The van der Waals surface area contributed by atoms with Crippen LogP contribution in [0.4, 0.5) is 11.4 Å². The summed E-state index contributed by atoms with van der Waals surface area (Å²) < 4.78 is 0. The Bertz CT molecular complexity index is 865. The quantitative estimate of drug-likeness (QED) is 0.259. The van der Waals surface area contributed by atoms with Crippen LogP contribution in [0.5, 0.6) is 0 Å². The summed E-state index contributed by atoms with van der Waals surface area (Å²) in [5.41, 5.74) is 9.88. The third-order valence-electron chi connectivity index (χ3n) is 5.65. The average molecular weight is 449 g/mol. The van der Waals surface area contributed by atoms with E-state index in [-0.39, 0.29) is 16.5 Å².